The summed E-state index contributed by atoms with van der Waals surface area (Å²) in [6.45, 7) is 5.65. The van der Waals surface area contributed by atoms with Crippen LogP contribution in [0.15, 0.2) is 54.9 Å². The van der Waals surface area contributed by atoms with Gasteiger partial charge in [-0.1, -0.05) is 12.1 Å². The molecule has 0 radical (unpaired) electrons. The lowest BCUT2D eigenvalue weighted by Gasteiger charge is -2.31. The zero-order chi connectivity index (χ0) is 27.4. The minimum atomic E-state index is -4.40. The number of nitriles is 1. The zero-order valence-corrected chi connectivity index (χ0v) is 21.4. The maximum absolute atomic E-state index is 13.1. The fourth-order valence-electron chi connectivity index (χ4n) is 4.39. The molecule has 9 nitrogen and oxygen atoms in total. The summed E-state index contributed by atoms with van der Waals surface area (Å²) in [6, 6.07) is 12.4. The van der Waals surface area contributed by atoms with Gasteiger partial charge >= 0.3 is 6.18 Å². The van der Waals surface area contributed by atoms with E-state index in [1.54, 1.807) is 22.8 Å². The van der Waals surface area contributed by atoms with Gasteiger partial charge in [0.1, 0.15) is 17.4 Å². The highest BCUT2D eigenvalue weighted by Gasteiger charge is 2.30. The van der Waals surface area contributed by atoms with Crippen LogP contribution in [0, 0.1) is 11.3 Å². The molecule has 1 fully saturated rings. The largest absolute Gasteiger partial charge is 0.416 e. The average molecular weight is 536 g/mol. The molecule has 0 atom stereocenters. The molecule has 4 aromatic rings. The highest BCUT2D eigenvalue weighted by Crippen LogP contribution is 2.31. The summed E-state index contributed by atoms with van der Waals surface area (Å²) in [5.41, 5.74) is 2.53. The van der Waals surface area contributed by atoms with Gasteiger partial charge in [-0.25, -0.2) is 14.5 Å². The lowest BCUT2D eigenvalue weighted by molar-refractivity contribution is -0.137. The third-order valence-corrected chi connectivity index (χ3v) is 6.61. The number of rotatable bonds is 8. The Balaban J connectivity index is 1.37. The van der Waals surface area contributed by atoms with Crippen molar-refractivity contribution in [1.82, 2.24) is 29.4 Å². The van der Waals surface area contributed by atoms with Gasteiger partial charge in [0, 0.05) is 57.6 Å². The van der Waals surface area contributed by atoms with Gasteiger partial charge in [-0.05, 0) is 37.4 Å². The Morgan fingerprint density at radius 1 is 1.00 bits per heavy atom. The topological polar surface area (TPSA) is 97.4 Å². The summed E-state index contributed by atoms with van der Waals surface area (Å²) < 4.78 is 41.0. The molecule has 0 aliphatic carbocycles. The van der Waals surface area contributed by atoms with Crippen LogP contribution < -0.4 is 10.6 Å². The van der Waals surface area contributed by atoms with Crippen molar-refractivity contribution in [2.24, 2.45) is 0 Å². The molecular formula is C27H28F3N9. The number of hydrogen-bond acceptors (Lipinski definition) is 8. The van der Waals surface area contributed by atoms with Crippen molar-refractivity contribution in [3.8, 4) is 17.3 Å². The van der Waals surface area contributed by atoms with Crippen LogP contribution in [0.3, 0.4) is 0 Å². The number of halogens is 3. The quantitative estimate of drug-likeness (QED) is 0.328. The summed E-state index contributed by atoms with van der Waals surface area (Å²) in [7, 11) is 2.11. The Kier molecular flexibility index (Phi) is 7.63. The number of aromatic nitrogens is 4. The molecule has 1 aliphatic heterocycles. The van der Waals surface area contributed by atoms with E-state index < -0.39 is 11.7 Å². The van der Waals surface area contributed by atoms with Gasteiger partial charge in [0.25, 0.3) is 0 Å². The summed E-state index contributed by atoms with van der Waals surface area (Å²) in [5, 5.41) is 20.2. The molecule has 3 aromatic heterocycles. The predicted molar refractivity (Wildman–Crippen MR) is 142 cm³/mol. The molecule has 5 rings (SSSR count). The van der Waals surface area contributed by atoms with Crippen LogP contribution in [0.5, 0.6) is 0 Å². The standard InChI is InChI=1S/C27H28F3N9/c1-37-10-12-38(13-11-37)17-22-14-24-26(33-9-8-32-25-7-2-19(15-31)16-34-25)35-23(18-39(24)36-22)20-3-5-21(6-4-20)27(28,29)30/h2-7,14,16,18H,8-13,17H2,1H3,(H,32,34)(H,33,35). The van der Waals surface area contributed by atoms with Crippen molar-refractivity contribution in [2.75, 3.05) is 56.9 Å². The van der Waals surface area contributed by atoms with E-state index in [1.165, 1.54) is 18.3 Å². The van der Waals surface area contributed by atoms with Crippen LogP contribution in [0.1, 0.15) is 16.8 Å². The van der Waals surface area contributed by atoms with Crippen LogP contribution in [0.25, 0.3) is 16.8 Å². The summed E-state index contributed by atoms with van der Waals surface area (Å²) in [4.78, 5) is 13.6. The Labute approximate surface area is 223 Å². The summed E-state index contributed by atoms with van der Waals surface area (Å²) >= 11 is 0. The normalized spacial score (nSPS) is 14.8. The van der Waals surface area contributed by atoms with E-state index in [2.05, 4.69) is 32.5 Å². The minimum absolute atomic E-state index is 0.485. The average Bonchev–Trinajstić information content (AvgIpc) is 3.35. The van der Waals surface area contributed by atoms with E-state index in [-0.39, 0.29) is 0 Å². The number of anilines is 2. The van der Waals surface area contributed by atoms with Gasteiger partial charge in [-0.2, -0.15) is 23.5 Å². The molecule has 12 heteroatoms. The fourth-order valence-corrected chi connectivity index (χ4v) is 4.39. The monoisotopic (exact) mass is 535 g/mol. The van der Waals surface area contributed by atoms with Crippen LogP contribution in [0.4, 0.5) is 24.8 Å². The van der Waals surface area contributed by atoms with E-state index in [1.807, 2.05) is 12.1 Å². The van der Waals surface area contributed by atoms with Gasteiger partial charge in [0.2, 0.25) is 0 Å². The molecule has 0 saturated carbocycles. The molecule has 1 aromatic carbocycles. The van der Waals surface area contributed by atoms with E-state index in [0.717, 1.165) is 49.5 Å². The summed E-state index contributed by atoms with van der Waals surface area (Å²) in [5.74, 6) is 1.23. The molecule has 0 spiro atoms. The molecule has 0 bridgehead atoms. The Bertz CT molecular complexity index is 1450. The Morgan fingerprint density at radius 3 is 2.41 bits per heavy atom. The first-order valence-corrected chi connectivity index (χ1v) is 12.6. The first-order chi connectivity index (χ1) is 18.8. The molecule has 2 N–H and O–H groups in total. The molecule has 0 amide bonds. The van der Waals surface area contributed by atoms with Gasteiger partial charge in [-0.3, -0.25) is 4.90 Å². The molecule has 4 heterocycles. The fraction of sp³-hybridized carbons (Fsp3) is 0.333. The lowest BCUT2D eigenvalue weighted by Crippen LogP contribution is -2.43. The third-order valence-electron chi connectivity index (χ3n) is 6.61. The predicted octanol–water partition coefficient (Wildman–Crippen LogP) is 3.95. The van der Waals surface area contributed by atoms with Crippen molar-refractivity contribution in [3.05, 3.63) is 71.7 Å². The van der Waals surface area contributed by atoms with Gasteiger partial charge in [0.15, 0.2) is 5.82 Å². The second-order valence-corrected chi connectivity index (χ2v) is 9.49. The van der Waals surface area contributed by atoms with Crippen molar-refractivity contribution in [2.45, 2.75) is 12.7 Å². The van der Waals surface area contributed by atoms with Gasteiger partial charge in [-0.15, -0.1) is 0 Å². The number of likely N-dealkylation sites (N-methyl/N-ethyl adjacent to an activating group) is 1. The lowest BCUT2D eigenvalue weighted by atomic mass is 10.1. The number of pyridine rings is 1. The minimum Gasteiger partial charge on any atom is -0.368 e. The SMILES string of the molecule is CN1CCN(Cc2cc3c(NCCNc4ccc(C#N)cn4)nc(-c4ccc(C(F)(F)F)cc4)cn3n2)CC1. The maximum atomic E-state index is 13.1. The number of nitrogens with one attached hydrogen (secondary N) is 2. The number of nitrogens with zero attached hydrogens (tertiary/aromatic N) is 7. The van der Waals surface area contributed by atoms with E-state index >= 15 is 0 Å². The van der Waals surface area contributed by atoms with Crippen molar-refractivity contribution in [3.63, 3.8) is 0 Å². The number of piperazine rings is 1. The smallest absolute Gasteiger partial charge is 0.368 e. The highest BCUT2D eigenvalue weighted by molar-refractivity contribution is 5.72. The van der Waals surface area contributed by atoms with Crippen molar-refractivity contribution < 1.29 is 13.2 Å². The zero-order valence-electron chi connectivity index (χ0n) is 21.4. The molecule has 1 saturated heterocycles. The number of alkyl halides is 3. The molecule has 1 aliphatic rings. The third kappa shape index (κ3) is 6.45. The molecule has 202 valence electrons. The Hall–Kier alpha value is -4.21. The van der Waals surface area contributed by atoms with E-state index in [4.69, 9.17) is 15.3 Å². The van der Waals surface area contributed by atoms with Gasteiger partial charge < -0.3 is 15.5 Å². The second kappa shape index (κ2) is 11.3. The van der Waals surface area contributed by atoms with Crippen LogP contribution >= 0.6 is 0 Å². The number of hydrogen-bond donors (Lipinski definition) is 2. The maximum Gasteiger partial charge on any atom is 0.416 e. The van der Waals surface area contributed by atoms with Crippen LogP contribution in [-0.2, 0) is 12.7 Å². The summed E-state index contributed by atoms with van der Waals surface area (Å²) in [6.07, 6.45) is -1.16. The van der Waals surface area contributed by atoms with E-state index in [9.17, 15) is 13.2 Å². The van der Waals surface area contributed by atoms with Gasteiger partial charge in [0.05, 0.1) is 28.7 Å². The van der Waals surface area contributed by atoms with Crippen LogP contribution in [0.2, 0.25) is 0 Å². The molecular weight excluding hydrogens is 507 g/mol. The van der Waals surface area contributed by atoms with Crippen molar-refractivity contribution >= 4 is 17.2 Å². The second-order valence-electron chi connectivity index (χ2n) is 9.49. The first kappa shape index (κ1) is 26.4. The van der Waals surface area contributed by atoms with E-state index in [0.29, 0.717) is 48.1 Å². The van der Waals surface area contributed by atoms with Crippen LogP contribution in [-0.4, -0.2) is 75.7 Å². The highest BCUT2D eigenvalue weighted by atomic mass is 19.4. The number of benzene rings is 1. The number of fused-ring (bicyclic) bond motifs is 1. The molecule has 0 unspecified atom stereocenters. The van der Waals surface area contributed by atoms with Crippen molar-refractivity contribution in [1.29, 1.82) is 5.26 Å². The molecule has 39 heavy (non-hydrogen) atoms. The Morgan fingerprint density at radius 2 is 1.74 bits per heavy atom. The first-order valence-electron chi connectivity index (χ1n) is 12.6.